The molecule has 0 atom stereocenters. The Kier molecular flexibility index (Phi) is 5.24. The number of benzene rings is 2. The second-order valence-corrected chi connectivity index (χ2v) is 5.54. The van der Waals surface area contributed by atoms with Crippen molar-refractivity contribution < 1.29 is 13.5 Å². The molecule has 0 unspecified atom stereocenters. The first-order chi connectivity index (χ1) is 9.52. The zero-order valence-corrected chi connectivity index (χ0v) is 13.2. The van der Waals surface area contributed by atoms with Gasteiger partial charge in [0.15, 0.2) is 0 Å². The summed E-state index contributed by atoms with van der Waals surface area (Å²) < 4.78 is 32.9. The third-order valence-electron chi connectivity index (χ3n) is 2.66. The lowest BCUT2D eigenvalue weighted by molar-refractivity contribution is 0.292. The predicted octanol–water partition coefficient (Wildman–Crippen LogP) is 5.70. The van der Waals surface area contributed by atoms with Crippen LogP contribution in [0.3, 0.4) is 0 Å². The van der Waals surface area contributed by atoms with E-state index in [0.29, 0.717) is 16.7 Å². The number of rotatable bonds is 4. The van der Waals surface area contributed by atoms with Gasteiger partial charge in [0.2, 0.25) is 0 Å². The molecule has 0 heterocycles. The Balaban J connectivity index is 2.19. The smallest absolute Gasteiger partial charge is 0.146 e. The van der Waals surface area contributed by atoms with Crippen LogP contribution in [0.25, 0.3) is 0 Å². The fourth-order valence-electron chi connectivity index (χ4n) is 1.60. The molecular weight excluding hydrogens is 373 g/mol. The Morgan fingerprint density at radius 2 is 1.90 bits per heavy atom. The van der Waals surface area contributed by atoms with Crippen LogP contribution in [0.4, 0.5) is 8.78 Å². The Labute approximate surface area is 133 Å². The highest BCUT2D eigenvalue weighted by molar-refractivity contribution is 9.10. The molecule has 0 N–H and O–H groups in total. The monoisotopic (exact) mass is 380 g/mol. The summed E-state index contributed by atoms with van der Waals surface area (Å²) in [4.78, 5) is 0. The molecule has 20 heavy (non-hydrogen) atoms. The van der Waals surface area contributed by atoms with Crippen LogP contribution in [0, 0.1) is 11.6 Å². The molecule has 0 bridgehead atoms. The van der Waals surface area contributed by atoms with Gasteiger partial charge in [-0.25, -0.2) is 8.78 Å². The van der Waals surface area contributed by atoms with Crippen LogP contribution in [0.1, 0.15) is 11.1 Å². The minimum absolute atomic E-state index is 0.156. The number of hydrogen-bond acceptors (Lipinski definition) is 1. The number of hydrogen-bond donors (Lipinski definition) is 0. The fourth-order valence-corrected chi connectivity index (χ4v) is 2.39. The Hall–Kier alpha value is -0.840. The van der Waals surface area contributed by atoms with Gasteiger partial charge >= 0.3 is 0 Å². The van der Waals surface area contributed by atoms with E-state index in [9.17, 15) is 8.78 Å². The zero-order chi connectivity index (χ0) is 14.7. The average Bonchev–Trinajstić information content (AvgIpc) is 2.44. The van der Waals surface area contributed by atoms with Crippen LogP contribution in [-0.2, 0) is 12.5 Å². The van der Waals surface area contributed by atoms with Crippen LogP contribution in [-0.4, -0.2) is 0 Å². The van der Waals surface area contributed by atoms with Gasteiger partial charge in [0, 0.05) is 5.88 Å². The van der Waals surface area contributed by atoms with Crippen molar-refractivity contribution in [2.45, 2.75) is 12.5 Å². The molecule has 1 nitrogen and oxygen atoms in total. The van der Waals surface area contributed by atoms with Crippen molar-refractivity contribution in [3.8, 4) is 5.75 Å². The van der Waals surface area contributed by atoms with E-state index in [1.54, 1.807) is 18.2 Å². The third kappa shape index (κ3) is 3.43. The maximum absolute atomic E-state index is 13.8. The Morgan fingerprint density at radius 3 is 2.55 bits per heavy atom. The molecule has 106 valence electrons. The Bertz CT molecular complexity index is 635. The average molecular weight is 382 g/mol. The van der Waals surface area contributed by atoms with Crippen molar-refractivity contribution in [1.29, 1.82) is 0 Å². The van der Waals surface area contributed by atoms with Crippen LogP contribution < -0.4 is 4.74 Å². The largest absolute Gasteiger partial charge is 0.487 e. The molecular formula is C14H9BrCl2F2O. The fraction of sp³-hybridized carbons (Fsp3) is 0.143. The van der Waals surface area contributed by atoms with Crippen molar-refractivity contribution in [3.63, 3.8) is 0 Å². The van der Waals surface area contributed by atoms with E-state index in [0.717, 1.165) is 5.56 Å². The van der Waals surface area contributed by atoms with E-state index in [2.05, 4.69) is 15.9 Å². The molecule has 0 amide bonds. The van der Waals surface area contributed by atoms with Crippen molar-refractivity contribution in [2.24, 2.45) is 0 Å². The number of halogens is 5. The lowest BCUT2D eigenvalue weighted by atomic mass is 10.2. The molecule has 0 saturated carbocycles. The second-order valence-electron chi connectivity index (χ2n) is 4.01. The van der Waals surface area contributed by atoms with E-state index < -0.39 is 11.6 Å². The van der Waals surface area contributed by atoms with Gasteiger partial charge in [-0.15, -0.1) is 11.6 Å². The molecule has 0 aliphatic rings. The maximum atomic E-state index is 13.8. The SMILES string of the molecule is Fc1ccc(Br)c(F)c1COc1ccc(CCl)cc1Cl. The normalized spacial score (nSPS) is 10.7. The summed E-state index contributed by atoms with van der Waals surface area (Å²) in [6, 6.07) is 7.48. The van der Waals surface area contributed by atoms with Gasteiger partial charge in [0.25, 0.3) is 0 Å². The molecule has 0 aliphatic heterocycles. The highest BCUT2D eigenvalue weighted by Crippen LogP contribution is 2.28. The minimum Gasteiger partial charge on any atom is -0.487 e. The van der Waals surface area contributed by atoms with Gasteiger partial charge < -0.3 is 4.74 Å². The summed E-state index contributed by atoms with van der Waals surface area (Å²) >= 11 is 14.7. The van der Waals surface area contributed by atoms with Crippen molar-refractivity contribution in [3.05, 3.63) is 62.6 Å². The molecule has 2 aromatic rings. The van der Waals surface area contributed by atoms with Crippen molar-refractivity contribution in [2.75, 3.05) is 0 Å². The first kappa shape index (κ1) is 15.5. The first-order valence-corrected chi connectivity index (χ1v) is 7.33. The second kappa shape index (κ2) is 6.74. The number of ether oxygens (including phenoxy) is 1. The van der Waals surface area contributed by atoms with Crippen LogP contribution in [0.5, 0.6) is 5.75 Å². The highest BCUT2D eigenvalue weighted by atomic mass is 79.9. The highest BCUT2D eigenvalue weighted by Gasteiger charge is 2.13. The van der Waals surface area contributed by atoms with Gasteiger partial charge in [0.1, 0.15) is 24.0 Å². The van der Waals surface area contributed by atoms with Gasteiger partial charge in [0.05, 0.1) is 15.1 Å². The van der Waals surface area contributed by atoms with Crippen LogP contribution >= 0.6 is 39.1 Å². The van der Waals surface area contributed by atoms with E-state index >= 15 is 0 Å². The topological polar surface area (TPSA) is 9.23 Å². The van der Waals surface area contributed by atoms with Crippen LogP contribution in [0.15, 0.2) is 34.8 Å². The predicted molar refractivity (Wildman–Crippen MR) is 79.4 cm³/mol. The molecule has 0 aliphatic carbocycles. The van der Waals surface area contributed by atoms with E-state index in [1.165, 1.54) is 12.1 Å². The summed E-state index contributed by atoms with van der Waals surface area (Å²) in [5, 5.41) is 0.346. The molecule has 0 saturated heterocycles. The van der Waals surface area contributed by atoms with E-state index in [-0.39, 0.29) is 16.6 Å². The number of alkyl halides is 1. The van der Waals surface area contributed by atoms with Crippen molar-refractivity contribution in [1.82, 2.24) is 0 Å². The van der Waals surface area contributed by atoms with Gasteiger partial charge in [-0.05, 0) is 45.8 Å². The summed E-state index contributed by atoms with van der Waals surface area (Å²) in [7, 11) is 0. The zero-order valence-electron chi connectivity index (χ0n) is 10.1. The maximum Gasteiger partial charge on any atom is 0.146 e. The summed E-state index contributed by atoms with van der Waals surface area (Å²) in [5.41, 5.74) is 0.681. The van der Waals surface area contributed by atoms with E-state index in [4.69, 9.17) is 27.9 Å². The van der Waals surface area contributed by atoms with Crippen molar-refractivity contribution >= 4 is 39.1 Å². The first-order valence-electron chi connectivity index (χ1n) is 5.62. The molecule has 6 heteroatoms. The quantitative estimate of drug-likeness (QED) is 0.487. The summed E-state index contributed by atoms with van der Waals surface area (Å²) in [6.45, 7) is -0.253. The molecule has 0 fully saturated rings. The van der Waals surface area contributed by atoms with Gasteiger partial charge in [-0.3, -0.25) is 0 Å². The minimum atomic E-state index is -0.682. The van der Waals surface area contributed by atoms with Crippen LogP contribution in [0.2, 0.25) is 5.02 Å². The van der Waals surface area contributed by atoms with Gasteiger partial charge in [-0.1, -0.05) is 17.7 Å². The molecule has 0 aromatic heterocycles. The molecule has 2 rings (SSSR count). The standard InChI is InChI=1S/C14H9BrCl2F2O/c15-10-2-3-12(18)9(14(10)19)7-20-13-4-1-8(6-16)5-11(13)17/h1-5H,6-7H2. The lowest BCUT2D eigenvalue weighted by Crippen LogP contribution is -2.03. The molecule has 0 spiro atoms. The lowest BCUT2D eigenvalue weighted by Gasteiger charge is -2.11. The summed E-state index contributed by atoms with van der Waals surface area (Å²) in [6.07, 6.45) is 0. The van der Waals surface area contributed by atoms with E-state index in [1.807, 2.05) is 0 Å². The Morgan fingerprint density at radius 1 is 1.15 bits per heavy atom. The molecule has 0 radical (unpaired) electrons. The summed E-state index contributed by atoms with van der Waals surface area (Å²) in [5.74, 6) is -0.675. The molecule has 2 aromatic carbocycles. The third-order valence-corrected chi connectivity index (χ3v) is 3.88. The van der Waals surface area contributed by atoms with Gasteiger partial charge in [-0.2, -0.15) is 0 Å².